The molecule has 0 saturated heterocycles. The molecule has 2 N–H and O–H groups in total. The average Bonchev–Trinajstić information content (AvgIpc) is 3.34. The van der Waals surface area contributed by atoms with E-state index in [1.165, 1.54) is 0 Å². The summed E-state index contributed by atoms with van der Waals surface area (Å²) >= 11 is 0. The van der Waals surface area contributed by atoms with E-state index in [-0.39, 0.29) is 30.5 Å². The molecule has 6 aromatic rings. The van der Waals surface area contributed by atoms with Crippen molar-refractivity contribution >= 4 is 75.6 Å². The van der Waals surface area contributed by atoms with Crippen molar-refractivity contribution in [3.8, 4) is 0 Å². The average molecular weight is 949 g/mol. The van der Waals surface area contributed by atoms with Crippen LogP contribution >= 0.6 is 14.3 Å². The standard InChI is InChI=1S/C56H58N2O8P2/c1-37-34-38(2)50(55(63)67(65,43-24-14-10-15-25-43)44-26-16-11-17-27-44)41(5)47(37)36-49(60)53(61)57-33-23-9-7-8-22-32-48(59)54(62)58-52-40(4)35-39(3)51(42(52)6)56(64)68(66,45-28-18-12-19-29-45)46-30-20-13-21-31-46/h10-21,24-31,34-35H,7-9,22-23,32-33,36H2,1-6H3,(H,57,61)(H,58,62). The van der Waals surface area contributed by atoms with Crippen LogP contribution in [0.5, 0.6) is 0 Å². The van der Waals surface area contributed by atoms with E-state index in [4.69, 9.17) is 0 Å². The number of Topliss-reactive ketones (excluding diaryl/α,β-unsaturated/α-hetero) is 2. The van der Waals surface area contributed by atoms with Crippen molar-refractivity contribution in [2.45, 2.75) is 86.5 Å². The monoisotopic (exact) mass is 948 g/mol. The van der Waals surface area contributed by atoms with Crippen molar-refractivity contribution in [2.75, 3.05) is 11.9 Å². The van der Waals surface area contributed by atoms with Crippen LogP contribution in [0.4, 0.5) is 5.69 Å². The summed E-state index contributed by atoms with van der Waals surface area (Å²) in [7, 11) is -7.65. The Labute approximate surface area is 399 Å². The molecule has 0 saturated carbocycles. The molecule has 0 unspecified atom stereocenters. The number of anilines is 1. The van der Waals surface area contributed by atoms with Crippen molar-refractivity contribution < 1.29 is 37.9 Å². The third-order valence-corrected chi connectivity index (χ3v) is 18.2. The summed E-state index contributed by atoms with van der Waals surface area (Å²) in [6.07, 6.45) is 2.97. The van der Waals surface area contributed by atoms with Crippen molar-refractivity contribution in [3.05, 3.63) is 184 Å². The number of rotatable bonds is 21. The quantitative estimate of drug-likeness (QED) is 0.0410. The highest BCUT2D eigenvalue weighted by Gasteiger charge is 2.40. The third-order valence-electron chi connectivity index (χ3n) is 12.5. The van der Waals surface area contributed by atoms with E-state index in [1.807, 2.05) is 6.92 Å². The fraction of sp³-hybridized carbons (Fsp3) is 0.250. The lowest BCUT2D eigenvalue weighted by atomic mass is 9.91. The van der Waals surface area contributed by atoms with Gasteiger partial charge >= 0.3 is 0 Å². The minimum atomic E-state index is -3.83. The van der Waals surface area contributed by atoms with Crippen molar-refractivity contribution in [3.63, 3.8) is 0 Å². The smallest absolute Gasteiger partial charge is 0.291 e. The molecule has 0 radical (unpaired) electrons. The summed E-state index contributed by atoms with van der Waals surface area (Å²) in [6.45, 7) is 10.9. The second kappa shape index (κ2) is 22.5. The molecule has 0 aliphatic heterocycles. The Morgan fingerprint density at radius 3 is 1.29 bits per heavy atom. The van der Waals surface area contributed by atoms with E-state index in [9.17, 15) is 37.9 Å². The van der Waals surface area contributed by atoms with E-state index < -0.39 is 48.7 Å². The summed E-state index contributed by atoms with van der Waals surface area (Å²) in [6, 6.07) is 38.2. The number of hydrogen-bond donors (Lipinski definition) is 2. The highest BCUT2D eigenvalue weighted by atomic mass is 31.2. The van der Waals surface area contributed by atoms with Crippen LogP contribution in [0.1, 0.15) is 98.2 Å². The number of aryl methyl sites for hydroxylation is 4. The van der Waals surface area contributed by atoms with E-state index in [0.717, 1.165) is 12.0 Å². The Hall–Kier alpha value is -6.60. The molecule has 0 atom stereocenters. The first-order valence-electron chi connectivity index (χ1n) is 22.9. The molecule has 0 fully saturated rings. The highest BCUT2D eigenvalue weighted by molar-refractivity contribution is 7.94. The summed E-state index contributed by atoms with van der Waals surface area (Å²) in [4.78, 5) is 81.4. The van der Waals surface area contributed by atoms with Crippen molar-refractivity contribution in [1.29, 1.82) is 0 Å². The molecule has 350 valence electrons. The Bertz CT molecular complexity index is 2680. The maximum Gasteiger partial charge on any atom is 0.291 e. The zero-order chi connectivity index (χ0) is 49.2. The number of ketones is 2. The maximum atomic E-state index is 14.9. The zero-order valence-corrected chi connectivity index (χ0v) is 41.3. The van der Waals surface area contributed by atoms with Crippen molar-refractivity contribution in [2.24, 2.45) is 0 Å². The van der Waals surface area contributed by atoms with Crippen LogP contribution in [-0.2, 0) is 34.7 Å². The molecule has 6 aromatic carbocycles. The van der Waals surface area contributed by atoms with Crippen LogP contribution in [0.15, 0.2) is 133 Å². The van der Waals surface area contributed by atoms with Gasteiger partial charge in [-0.1, -0.05) is 153 Å². The summed E-state index contributed by atoms with van der Waals surface area (Å²) < 4.78 is 29.8. The van der Waals surface area contributed by atoms with Crippen LogP contribution in [0, 0.1) is 41.5 Å². The molecule has 68 heavy (non-hydrogen) atoms. The van der Waals surface area contributed by atoms with E-state index in [1.54, 1.807) is 168 Å². The van der Waals surface area contributed by atoms with Crippen LogP contribution in [0.3, 0.4) is 0 Å². The lowest BCUT2D eigenvalue weighted by Gasteiger charge is -2.22. The van der Waals surface area contributed by atoms with Gasteiger partial charge in [-0.05, 0) is 93.3 Å². The van der Waals surface area contributed by atoms with Gasteiger partial charge in [0.25, 0.3) is 11.8 Å². The van der Waals surface area contributed by atoms with E-state index in [2.05, 4.69) is 10.6 Å². The van der Waals surface area contributed by atoms with Crippen molar-refractivity contribution in [1.82, 2.24) is 5.32 Å². The lowest BCUT2D eigenvalue weighted by Crippen LogP contribution is -2.33. The summed E-state index contributed by atoms with van der Waals surface area (Å²) in [5, 5.41) is 7.09. The largest absolute Gasteiger partial charge is 0.349 e. The minimum absolute atomic E-state index is 0.0191. The van der Waals surface area contributed by atoms with Gasteiger partial charge in [0, 0.05) is 57.4 Å². The topological polar surface area (TPSA) is 161 Å². The predicted molar refractivity (Wildman–Crippen MR) is 273 cm³/mol. The molecule has 10 nitrogen and oxygen atoms in total. The normalized spacial score (nSPS) is 11.4. The fourth-order valence-electron chi connectivity index (χ4n) is 8.95. The summed E-state index contributed by atoms with van der Waals surface area (Å²) in [5.74, 6) is -2.77. The van der Waals surface area contributed by atoms with Gasteiger partial charge in [-0.25, -0.2) is 0 Å². The third kappa shape index (κ3) is 10.9. The van der Waals surface area contributed by atoms with Gasteiger partial charge in [-0.3, -0.25) is 28.8 Å². The van der Waals surface area contributed by atoms with Crippen LogP contribution in [-0.4, -0.2) is 41.0 Å². The Morgan fingerprint density at radius 2 is 0.838 bits per heavy atom. The van der Waals surface area contributed by atoms with E-state index >= 15 is 0 Å². The Kier molecular flexibility index (Phi) is 16.8. The van der Waals surface area contributed by atoms with E-state index in [0.29, 0.717) is 86.0 Å². The molecule has 0 aliphatic carbocycles. The SMILES string of the molecule is Cc1cc(C)c(C(=O)P(=O)(c2ccccc2)c2ccccc2)c(C)c1CC(=O)C(=O)NCCCCCCCC(=O)C(=O)Nc1c(C)cc(C)c(C(=O)P(=O)(c2ccccc2)c2ccccc2)c1C. The predicted octanol–water partition coefficient (Wildman–Crippen LogP) is 9.62. The molecule has 0 spiro atoms. The summed E-state index contributed by atoms with van der Waals surface area (Å²) in [5.41, 5.74) is 3.96. The molecule has 0 heterocycles. The maximum absolute atomic E-state index is 14.9. The molecule has 2 amide bonds. The first-order chi connectivity index (χ1) is 32.5. The first-order valence-corrected chi connectivity index (χ1v) is 26.3. The number of benzene rings is 6. The lowest BCUT2D eigenvalue weighted by molar-refractivity contribution is -0.137. The van der Waals surface area contributed by atoms with Gasteiger partial charge in [-0.15, -0.1) is 0 Å². The Balaban J connectivity index is 0.990. The highest BCUT2D eigenvalue weighted by Crippen LogP contribution is 2.50. The van der Waals surface area contributed by atoms with Gasteiger partial charge in [-0.2, -0.15) is 0 Å². The number of carbonyl (C=O) groups excluding carboxylic acids is 6. The number of nitrogens with one attached hydrogen (secondary N) is 2. The van der Waals surface area contributed by atoms with Crippen LogP contribution in [0.25, 0.3) is 0 Å². The fourth-order valence-corrected chi connectivity index (χ4v) is 14.2. The molecule has 0 aliphatic rings. The molecule has 12 heteroatoms. The molecule has 0 aromatic heterocycles. The van der Waals surface area contributed by atoms with Crippen LogP contribution in [0.2, 0.25) is 0 Å². The minimum Gasteiger partial charge on any atom is -0.349 e. The zero-order valence-electron chi connectivity index (χ0n) is 39.5. The molecule has 6 rings (SSSR count). The number of carbonyl (C=O) groups is 6. The van der Waals surface area contributed by atoms with Gasteiger partial charge in [0.15, 0.2) is 0 Å². The second-order valence-corrected chi connectivity index (χ2v) is 22.6. The first kappa shape index (κ1) is 50.8. The van der Waals surface area contributed by atoms with Crippen LogP contribution < -0.4 is 31.9 Å². The molecular formula is C56H58N2O8P2. The number of unbranched alkanes of at least 4 members (excludes halogenated alkanes) is 4. The second-order valence-electron chi connectivity index (χ2n) is 17.3. The molecule has 0 bridgehead atoms. The molecular weight excluding hydrogens is 891 g/mol. The number of hydrogen-bond acceptors (Lipinski definition) is 8. The van der Waals surface area contributed by atoms with Gasteiger partial charge < -0.3 is 19.8 Å². The van der Waals surface area contributed by atoms with Gasteiger partial charge in [0.1, 0.15) is 0 Å². The Morgan fingerprint density at radius 1 is 0.441 bits per heavy atom. The number of amides is 2. The van der Waals surface area contributed by atoms with Gasteiger partial charge in [0.2, 0.25) is 36.9 Å². The van der Waals surface area contributed by atoms with Gasteiger partial charge in [0.05, 0.1) is 0 Å².